The third kappa shape index (κ3) is 5.08. The number of carbonyl (C=O) groups excluding carboxylic acids is 2. The zero-order valence-corrected chi connectivity index (χ0v) is 12.7. The van der Waals surface area contributed by atoms with Gasteiger partial charge >= 0.3 is 0 Å². The van der Waals surface area contributed by atoms with E-state index in [0.717, 1.165) is 0 Å². The molecule has 0 saturated carbocycles. The summed E-state index contributed by atoms with van der Waals surface area (Å²) in [5, 5.41) is 4.15. The van der Waals surface area contributed by atoms with Crippen LogP contribution in [0, 0.1) is 0 Å². The van der Waals surface area contributed by atoms with Gasteiger partial charge in [0.25, 0.3) is 11.8 Å². The highest BCUT2D eigenvalue weighted by atomic mass is 35.5. The number of rotatable bonds is 6. The lowest BCUT2D eigenvalue weighted by atomic mass is 10.2. The molecular formula is C15H13ClN4O3. The first-order chi connectivity index (χ1) is 11.1. The lowest BCUT2D eigenvalue weighted by molar-refractivity contribution is -0.119. The number of pyridine rings is 1. The maximum absolute atomic E-state index is 11.8. The highest BCUT2D eigenvalue weighted by Crippen LogP contribution is 2.24. The van der Waals surface area contributed by atoms with Gasteiger partial charge in [-0.3, -0.25) is 14.6 Å². The Morgan fingerprint density at radius 2 is 2.04 bits per heavy atom. The van der Waals surface area contributed by atoms with Gasteiger partial charge in [0, 0.05) is 18.0 Å². The Morgan fingerprint density at radius 3 is 2.70 bits per heavy atom. The first kappa shape index (κ1) is 16.4. The van der Waals surface area contributed by atoms with Crippen molar-refractivity contribution in [3.8, 4) is 5.75 Å². The molecule has 0 fully saturated rings. The molecule has 0 unspecified atom stereocenters. The van der Waals surface area contributed by atoms with Crippen LogP contribution in [-0.2, 0) is 4.79 Å². The maximum atomic E-state index is 11.8. The summed E-state index contributed by atoms with van der Waals surface area (Å²) in [6, 6.07) is 7.99. The van der Waals surface area contributed by atoms with Crippen LogP contribution in [0.3, 0.4) is 0 Å². The lowest BCUT2D eigenvalue weighted by Crippen LogP contribution is -2.20. The monoisotopic (exact) mass is 332 g/mol. The van der Waals surface area contributed by atoms with Crippen LogP contribution in [0.2, 0.25) is 5.02 Å². The van der Waals surface area contributed by atoms with Crippen molar-refractivity contribution in [1.29, 1.82) is 0 Å². The summed E-state index contributed by atoms with van der Waals surface area (Å²) >= 11 is 6.02. The molecule has 0 bridgehead atoms. The number of benzene rings is 1. The van der Waals surface area contributed by atoms with Crippen molar-refractivity contribution in [2.45, 2.75) is 0 Å². The number of aromatic nitrogens is 1. The van der Waals surface area contributed by atoms with Crippen molar-refractivity contribution in [2.75, 3.05) is 6.61 Å². The number of ether oxygens (including phenoxy) is 1. The van der Waals surface area contributed by atoms with Gasteiger partial charge in [0.1, 0.15) is 5.75 Å². The third-order valence-corrected chi connectivity index (χ3v) is 2.94. The largest absolute Gasteiger partial charge is 0.482 e. The summed E-state index contributed by atoms with van der Waals surface area (Å²) in [4.78, 5) is 26.3. The number of hydrogen-bond acceptors (Lipinski definition) is 5. The van der Waals surface area contributed by atoms with Gasteiger partial charge in [0.2, 0.25) is 0 Å². The average molecular weight is 333 g/mol. The molecule has 0 atom stereocenters. The van der Waals surface area contributed by atoms with Crippen LogP contribution in [0.1, 0.15) is 15.9 Å². The van der Waals surface area contributed by atoms with E-state index in [0.29, 0.717) is 21.9 Å². The van der Waals surface area contributed by atoms with Gasteiger partial charge in [0.15, 0.2) is 6.61 Å². The van der Waals surface area contributed by atoms with Crippen LogP contribution in [-0.4, -0.2) is 29.6 Å². The second kappa shape index (κ2) is 7.90. The number of primary amides is 1. The van der Waals surface area contributed by atoms with E-state index in [1.807, 2.05) is 0 Å². The van der Waals surface area contributed by atoms with E-state index in [9.17, 15) is 9.59 Å². The fourth-order valence-electron chi connectivity index (χ4n) is 1.60. The minimum atomic E-state index is -0.592. The fourth-order valence-corrected chi connectivity index (χ4v) is 1.84. The number of nitrogens with two attached hydrogens (primary N) is 1. The van der Waals surface area contributed by atoms with Gasteiger partial charge in [-0.05, 0) is 35.9 Å². The van der Waals surface area contributed by atoms with Crippen molar-refractivity contribution >= 4 is 29.6 Å². The molecule has 0 spiro atoms. The summed E-state index contributed by atoms with van der Waals surface area (Å²) in [7, 11) is 0. The van der Waals surface area contributed by atoms with Crippen molar-refractivity contribution in [1.82, 2.24) is 10.4 Å². The molecule has 8 heteroatoms. The van der Waals surface area contributed by atoms with Crippen molar-refractivity contribution < 1.29 is 14.3 Å². The van der Waals surface area contributed by atoms with E-state index in [-0.39, 0.29) is 12.5 Å². The predicted octanol–water partition coefficient (Wildman–Crippen LogP) is 1.36. The first-order valence-corrected chi connectivity index (χ1v) is 6.88. The number of nitrogens with one attached hydrogen (secondary N) is 1. The number of hydrogen-bond donors (Lipinski definition) is 2. The van der Waals surface area contributed by atoms with Crippen LogP contribution in [0.15, 0.2) is 47.8 Å². The second-order valence-corrected chi connectivity index (χ2v) is 4.79. The van der Waals surface area contributed by atoms with Crippen molar-refractivity contribution in [2.24, 2.45) is 10.8 Å². The summed E-state index contributed by atoms with van der Waals surface area (Å²) in [6.45, 7) is -0.255. The van der Waals surface area contributed by atoms with Crippen LogP contribution < -0.4 is 15.9 Å². The number of halogens is 1. The van der Waals surface area contributed by atoms with Gasteiger partial charge in [-0.2, -0.15) is 5.10 Å². The Morgan fingerprint density at radius 1 is 1.30 bits per heavy atom. The third-order valence-electron chi connectivity index (χ3n) is 2.65. The van der Waals surface area contributed by atoms with E-state index in [1.54, 1.807) is 30.3 Å². The minimum Gasteiger partial charge on any atom is -0.482 e. The molecule has 1 heterocycles. The smallest absolute Gasteiger partial charge is 0.271 e. The molecule has 2 rings (SSSR count). The lowest BCUT2D eigenvalue weighted by Gasteiger charge is -2.06. The van der Waals surface area contributed by atoms with Crippen molar-refractivity contribution in [3.63, 3.8) is 0 Å². The van der Waals surface area contributed by atoms with Gasteiger partial charge < -0.3 is 10.5 Å². The molecule has 118 valence electrons. The van der Waals surface area contributed by atoms with Gasteiger partial charge in [-0.1, -0.05) is 11.6 Å². The SMILES string of the molecule is NC(=O)COc1ccc(C=NNC(=O)c2ccncc2)cc1Cl. The van der Waals surface area contributed by atoms with Gasteiger partial charge in [-0.15, -0.1) is 0 Å². The molecule has 0 aliphatic rings. The van der Waals surface area contributed by atoms with Crippen molar-refractivity contribution in [3.05, 3.63) is 58.9 Å². The van der Waals surface area contributed by atoms with E-state index >= 15 is 0 Å². The van der Waals surface area contributed by atoms with Gasteiger partial charge in [0.05, 0.1) is 11.2 Å². The molecule has 7 nitrogen and oxygen atoms in total. The highest BCUT2D eigenvalue weighted by Gasteiger charge is 2.05. The number of hydrazone groups is 1. The van der Waals surface area contributed by atoms with Gasteiger partial charge in [-0.25, -0.2) is 5.43 Å². The zero-order valence-electron chi connectivity index (χ0n) is 11.9. The topological polar surface area (TPSA) is 107 Å². The molecule has 0 saturated heterocycles. The van der Waals surface area contributed by atoms with E-state index in [4.69, 9.17) is 22.1 Å². The molecule has 0 radical (unpaired) electrons. The van der Waals surface area contributed by atoms with Crippen LogP contribution >= 0.6 is 11.6 Å². The van der Waals surface area contributed by atoms with Crippen LogP contribution in [0.5, 0.6) is 5.75 Å². The second-order valence-electron chi connectivity index (χ2n) is 4.38. The van der Waals surface area contributed by atoms with Crippen LogP contribution in [0.25, 0.3) is 0 Å². The Hall–Kier alpha value is -2.93. The predicted molar refractivity (Wildman–Crippen MR) is 85.4 cm³/mol. The molecular weight excluding hydrogens is 320 g/mol. The van der Waals surface area contributed by atoms with Crippen LogP contribution in [0.4, 0.5) is 0 Å². The molecule has 3 N–H and O–H groups in total. The molecule has 0 aliphatic carbocycles. The normalized spacial score (nSPS) is 10.5. The zero-order chi connectivity index (χ0) is 16.7. The Kier molecular flexibility index (Phi) is 5.65. The van der Waals surface area contributed by atoms with E-state index in [1.165, 1.54) is 18.6 Å². The van der Waals surface area contributed by atoms with E-state index < -0.39 is 5.91 Å². The summed E-state index contributed by atoms with van der Waals surface area (Å²) in [5.41, 5.74) is 8.48. The quantitative estimate of drug-likeness (QED) is 0.615. The molecule has 2 aromatic rings. The Balaban J connectivity index is 1.96. The number of amides is 2. The first-order valence-electron chi connectivity index (χ1n) is 6.50. The average Bonchev–Trinajstić information content (AvgIpc) is 2.54. The van der Waals surface area contributed by atoms with E-state index in [2.05, 4.69) is 15.5 Å². The Labute approximate surface area is 137 Å². The highest BCUT2D eigenvalue weighted by molar-refractivity contribution is 6.32. The number of nitrogens with zero attached hydrogens (tertiary/aromatic N) is 2. The molecule has 23 heavy (non-hydrogen) atoms. The fraction of sp³-hybridized carbons (Fsp3) is 0.0667. The molecule has 1 aromatic carbocycles. The summed E-state index contributed by atoms with van der Waals surface area (Å²) in [5.74, 6) is -0.606. The Bertz CT molecular complexity index is 735. The molecule has 2 amide bonds. The minimum absolute atomic E-state index is 0.255. The summed E-state index contributed by atoms with van der Waals surface area (Å²) < 4.78 is 5.13. The molecule has 1 aromatic heterocycles. The standard InChI is InChI=1S/C15H13ClN4O3/c16-12-7-10(1-2-13(12)23-9-14(17)21)8-19-20-15(22)11-3-5-18-6-4-11/h1-8H,9H2,(H2,17,21)(H,20,22). The molecule has 0 aliphatic heterocycles. The number of carbonyl (C=O) groups is 2. The summed E-state index contributed by atoms with van der Waals surface area (Å²) in [6.07, 6.45) is 4.47. The maximum Gasteiger partial charge on any atom is 0.271 e.